The highest BCUT2D eigenvalue weighted by molar-refractivity contribution is 9.08. The molecule has 3 aromatic rings. The minimum Gasteiger partial charge on any atom is -0.455 e. The molecule has 21 heavy (non-hydrogen) atoms. The molecule has 0 aliphatic heterocycles. The Balaban J connectivity index is 2.09. The van der Waals surface area contributed by atoms with Crippen LogP contribution in [-0.2, 0) is 5.33 Å². The van der Waals surface area contributed by atoms with Gasteiger partial charge in [-0.2, -0.15) is 0 Å². The number of rotatable bonds is 3. The average molecular weight is 383 g/mol. The zero-order valence-electron chi connectivity index (χ0n) is 10.8. The van der Waals surface area contributed by atoms with Crippen LogP contribution in [0.3, 0.4) is 0 Å². The number of pyridine rings is 1. The van der Waals surface area contributed by atoms with E-state index in [1.807, 2.05) is 36.4 Å². The Morgan fingerprint density at radius 1 is 1.05 bits per heavy atom. The number of halogens is 3. The molecule has 0 bridgehead atoms. The van der Waals surface area contributed by atoms with Gasteiger partial charge in [-0.3, -0.25) is 4.98 Å². The molecule has 0 atom stereocenters. The van der Waals surface area contributed by atoms with Crippen molar-refractivity contribution >= 4 is 50.0 Å². The van der Waals surface area contributed by atoms with Crippen LogP contribution in [0.1, 0.15) is 5.56 Å². The Labute approximate surface area is 140 Å². The zero-order chi connectivity index (χ0) is 14.8. The van der Waals surface area contributed by atoms with Crippen molar-refractivity contribution in [1.29, 1.82) is 0 Å². The second-order valence-electron chi connectivity index (χ2n) is 4.43. The number of hydrogen-bond donors (Lipinski definition) is 0. The van der Waals surface area contributed by atoms with Gasteiger partial charge in [-0.25, -0.2) is 0 Å². The minimum atomic E-state index is 0.655. The summed E-state index contributed by atoms with van der Waals surface area (Å²) in [4.78, 5) is 4.36. The van der Waals surface area contributed by atoms with E-state index >= 15 is 0 Å². The quantitative estimate of drug-likeness (QED) is 0.501. The van der Waals surface area contributed by atoms with Gasteiger partial charge in [-0.05, 0) is 42.5 Å². The normalized spacial score (nSPS) is 10.8. The first-order chi connectivity index (χ1) is 10.2. The second-order valence-corrected chi connectivity index (χ2v) is 5.84. The fourth-order valence-corrected chi connectivity index (χ4v) is 2.91. The Morgan fingerprint density at radius 3 is 2.67 bits per heavy atom. The number of ether oxygens (including phenoxy) is 1. The lowest BCUT2D eigenvalue weighted by atomic mass is 10.2. The Bertz CT molecular complexity index is 807. The number of alkyl halides is 1. The van der Waals surface area contributed by atoms with Gasteiger partial charge in [-0.15, -0.1) is 0 Å². The number of nitrogens with zero attached hydrogens (tertiary/aromatic N) is 1. The van der Waals surface area contributed by atoms with Gasteiger partial charge in [0, 0.05) is 27.5 Å². The average Bonchev–Trinajstić information content (AvgIpc) is 2.52. The van der Waals surface area contributed by atoms with Crippen LogP contribution in [0, 0.1) is 0 Å². The van der Waals surface area contributed by atoms with Gasteiger partial charge < -0.3 is 4.74 Å². The largest absolute Gasteiger partial charge is 0.455 e. The molecule has 0 aliphatic carbocycles. The van der Waals surface area contributed by atoms with Crippen LogP contribution in [0.25, 0.3) is 10.9 Å². The highest BCUT2D eigenvalue weighted by atomic mass is 79.9. The maximum Gasteiger partial charge on any atom is 0.153 e. The molecular formula is C16H10BrCl2NO. The molecule has 0 saturated heterocycles. The lowest BCUT2D eigenvalue weighted by Gasteiger charge is -2.12. The predicted molar refractivity (Wildman–Crippen MR) is 90.9 cm³/mol. The van der Waals surface area contributed by atoms with E-state index in [1.54, 1.807) is 12.3 Å². The third kappa shape index (κ3) is 3.00. The molecule has 0 fully saturated rings. The molecule has 0 N–H and O–H groups in total. The lowest BCUT2D eigenvalue weighted by molar-refractivity contribution is 0.483. The number of aromatic nitrogens is 1. The molecule has 0 aliphatic rings. The monoisotopic (exact) mass is 381 g/mol. The van der Waals surface area contributed by atoms with Crippen molar-refractivity contribution in [3.8, 4) is 11.5 Å². The Morgan fingerprint density at radius 2 is 1.86 bits per heavy atom. The minimum absolute atomic E-state index is 0.655. The van der Waals surface area contributed by atoms with E-state index in [0.717, 1.165) is 22.2 Å². The molecule has 1 aromatic heterocycles. The zero-order valence-corrected chi connectivity index (χ0v) is 13.9. The topological polar surface area (TPSA) is 22.1 Å². The number of hydrogen-bond acceptors (Lipinski definition) is 2. The van der Waals surface area contributed by atoms with Crippen LogP contribution < -0.4 is 4.74 Å². The summed E-state index contributed by atoms with van der Waals surface area (Å²) in [5.41, 5.74) is 1.71. The maximum absolute atomic E-state index is 6.19. The van der Waals surface area contributed by atoms with E-state index in [-0.39, 0.29) is 0 Å². The van der Waals surface area contributed by atoms with Crippen molar-refractivity contribution < 1.29 is 4.74 Å². The molecule has 0 saturated carbocycles. The highest BCUT2D eigenvalue weighted by Crippen LogP contribution is 2.35. The standard InChI is InChI=1S/C16H10BrCl2NO/c17-9-10-8-11(18)3-5-14(10)21-15-6-4-13(19)12-2-1-7-20-16(12)15/h1-8H,9H2. The van der Waals surface area contributed by atoms with E-state index in [1.165, 1.54) is 0 Å². The van der Waals surface area contributed by atoms with Crippen molar-refractivity contribution in [2.75, 3.05) is 0 Å². The summed E-state index contributed by atoms with van der Waals surface area (Å²) in [5.74, 6) is 1.41. The molecule has 5 heteroatoms. The van der Waals surface area contributed by atoms with Gasteiger partial charge >= 0.3 is 0 Å². The van der Waals surface area contributed by atoms with E-state index < -0.39 is 0 Å². The maximum atomic E-state index is 6.19. The van der Waals surface area contributed by atoms with Gasteiger partial charge in [0.2, 0.25) is 0 Å². The van der Waals surface area contributed by atoms with Crippen molar-refractivity contribution in [1.82, 2.24) is 4.98 Å². The Kier molecular flexibility index (Phi) is 4.34. The molecular weight excluding hydrogens is 373 g/mol. The molecule has 0 radical (unpaired) electrons. The molecule has 106 valence electrons. The molecule has 0 spiro atoms. The second kappa shape index (κ2) is 6.22. The van der Waals surface area contributed by atoms with Crippen LogP contribution in [0.5, 0.6) is 11.5 Å². The van der Waals surface area contributed by atoms with Gasteiger partial charge in [0.1, 0.15) is 11.3 Å². The van der Waals surface area contributed by atoms with Crippen LogP contribution in [-0.4, -0.2) is 4.98 Å². The van der Waals surface area contributed by atoms with Crippen LogP contribution in [0.15, 0.2) is 48.7 Å². The van der Waals surface area contributed by atoms with E-state index in [9.17, 15) is 0 Å². The summed E-state index contributed by atoms with van der Waals surface area (Å²) in [6, 6.07) is 12.9. The molecule has 1 heterocycles. The summed E-state index contributed by atoms with van der Waals surface area (Å²) >= 11 is 15.6. The molecule has 2 aromatic carbocycles. The van der Waals surface area contributed by atoms with Crippen molar-refractivity contribution in [3.63, 3.8) is 0 Å². The summed E-state index contributed by atoms with van der Waals surface area (Å²) in [7, 11) is 0. The van der Waals surface area contributed by atoms with Gasteiger partial charge in [0.25, 0.3) is 0 Å². The Hall–Kier alpha value is -1.29. The van der Waals surface area contributed by atoms with Crippen LogP contribution >= 0.6 is 39.1 Å². The highest BCUT2D eigenvalue weighted by Gasteiger charge is 2.10. The van der Waals surface area contributed by atoms with Crippen molar-refractivity contribution in [2.45, 2.75) is 5.33 Å². The van der Waals surface area contributed by atoms with E-state index in [0.29, 0.717) is 21.1 Å². The lowest BCUT2D eigenvalue weighted by Crippen LogP contribution is -1.92. The summed E-state index contributed by atoms with van der Waals surface area (Å²) in [5, 5.41) is 2.85. The smallest absolute Gasteiger partial charge is 0.153 e. The molecule has 0 unspecified atom stereocenters. The van der Waals surface area contributed by atoms with E-state index in [2.05, 4.69) is 20.9 Å². The predicted octanol–water partition coefficient (Wildman–Crippen LogP) is 6.23. The van der Waals surface area contributed by atoms with Gasteiger partial charge in [0.15, 0.2) is 5.75 Å². The molecule has 2 nitrogen and oxygen atoms in total. The molecule has 0 amide bonds. The van der Waals surface area contributed by atoms with Crippen molar-refractivity contribution in [2.24, 2.45) is 0 Å². The van der Waals surface area contributed by atoms with Crippen molar-refractivity contribution in [3.05, 3.63) is 64.3 Å². The van der Waals surface area contributed by atoms with Gasteiger partial charge in [-0.1, -0.05) is 39.1 Å². The number of benzene rings is 2. The van der Waals surface area contributed by atoms with E-state index in [4.69, 9.17) is 27.9 Å². The fourth-order valence-electron chi connectivity index (χ4n) is 2.06. The third-order valence-electron chi connectivity index (χ3n) is 3.07. The number of fused-ring (bicyclic) bond motifs is 1. The first-order valence-electron chi connectivity index (χ1n) is 6.24. The third-order valence-corrected chi connectivity index (χ3v) is 4.23. The SMILES string of the molecule is Clc1ccc(Oc2ccc(Cl)c3cccnc23)c(CBr)c1. The molecule has 3 rings (SSSR count). The summed E-state index contributed by atoms with van der Waals surface area (Å²) in [6.07, 6.45) is 1.72. The van der Waals surface area contributed by atoms with Gasteiger partial charge in [0.05, 0.1) is 5.02 Å². The van der Waals surface area contributed by atoms with Crippen LogP contribution in [0.2, 0.25) is 10.0 Å². The van der Waals surface area contributed by atoms with Crippen LogP contribution in [0.4, 0.5) is 0 Å². The first kappa shape index (κ1) is 14.6. The summed E-state index contributed by atoms with van der Waals surface area (Å²) < 4.78 is 6.01. The summed E-state index contributed by atoms with van der Waals surface area (Å²) in [6.45, 7) is 0. The fraction of sp³-hybridized carbons (Fsp3) is 0.0625. The first-order valence-corrected chi connectivity index (χ1v) is 8.12.